The summed E-state index contributed by atoms with van der Waals surface area (Å²) in [5.74, 6) is 0. The summed E-state index contributed by atoms with van der Waals surface area (Å²) in [4.78, 5) is 12.1. The van der Waals surface area contributed by atoms with Crippen LogP contribution in [-0.4, -0.2) is 34.2 Å². The maximum atomic E-state index is 4.49. The van der Waals surface area contributed by atoms with Gasteiger partial charge < -0.3 is 14.8 Å². The molecule has 0 atom stereocenters. The first-order chi connectivity index (χ1) is 9.83. The summed E-state index contributed by atoms with van der Waals surface area (Å²) in [5.41, 5.74) is 0. The van der Waals surface area contributed by atoms with Crippen molar-refractivity contribution in [3.8, 4) is 0 Å². The lowest BCUT2D eigenvalue weighted by Gasteiger charge is -2.16. The van der Waals surface area contributed by atoms with E-state index in [4.69, 9.17) is 0 Å². The fourth-order valence-electron chi connectivity index (χ4n) is 2.04. The average molecular weight is 293 g/mol. The number of aromatic nitrogens is 3. The van der Waals surface area contributed by atoms with E-state index in [0.717, 1.165) is 44.3 Å². The van der Waals surface area contributed by atoms with Crippen LogP contribution in [0.1, 0.15) is 25.1 Å². The third-order valence-electron chi connectivity index (χ3n) is 3.20. The maximum absolute atomic E-state index is 4.49. The van der Waals surface area contributed by atoms with Crippen molar-refractivity contribution in [2.75, 3.05) is 24.5 Å². The highest BCUT2D eigenvalue weighted by atomic mass is 32.1. The third kappa shape index (κ3) is 4.31. The Balaban J connectivity index is 1.66. The van der Waals surface area contributed by atoms with E-state index < -0.39 is 0 Å². The van der Waals surface area contributed by atoms with Crippen LogP contribution in [0.25, 0.3) is 0 Å². The molecule has 0 saturated heterocycles. The molecule has 110 valence electrons. The van der Waals surface area contributed by atoms with Gasteiger partial charge in [-0.2, -0.15) is 0 Å². The van der Waals surface area contributed by atoms with Gasteiger partial charge in [0, 0.05) is 49.6 Å². The van der Waals surface area contributed by atoms with Gasteiger partial charge in [-0.15, -0.1) is 11.3 Å². The minimum Gasteiger partial charge on any atom is -0.349 e. The van der Waals surface area contributed by atoms with Crippen LogP contribution in [0.2, 0.25) is 0 Å². The summed E-state index contributed by atoms with van der Waals surface area (Å²) >= 11 is 1.78. The summed E-state index contributed by atoms with van der Waals surface area (Å²) < 4.78 is 2.10. The third-order valence-corrected chi connectivity index (χ3v) is 4.26. The topological polar surface area (TPSA) is 46.0 Å². The number of thiazole rings is 1. The van der Waals surface area contributed by atoms with Crippen molar-refractivity contribution in [2.45, 2.75) is 33.4 Å². The molecule has 1 N–H and O–H groups in total. The van der Waals surface area contributed by atoms with Crippen LogP contribution in [0.5, 0.6) is 0 Å². The maximum Gasteiger partial charge on any atom is 0.185 e. The van der Waals surface area contributed by atoms with Crippen molar-refractivity contribution >= 4 is 16.5 Å². The smallest absolute Gasteiger partial charge is 0.185 e. The minimum atomic E-state index is 0.906. The molecule has 0 spiro atoms. The van der Waals surface area contributed by atoms with E-state index in [-0.39, 0.29) is 0 Å². The highest BCUT2D eigenvalue weighted by molar-refractivity contribution is 7.15. The van der Waals surface area contributed by atoms with E-state index in [1.165, 1.54) is 4.88 Å². The number of aryl methyl sites for hydroxylation is 1. The molecule has 0 aliphatic carbocycles. The van der Waals surface area contributed by atoms with Gasteiger partial charge >= 0.3 is 0 Å². The molecule has 0 amide bonds. The molecule has 0 saturated carbocycles. The van der Waals surface area contributed by atoms with Crippen LogP contribution < -0.4 is 10.2 Å². The van der Waals surface area contributed by atoms with Crippen molar-refractivity contribution in [1.82, 2.24) is 19.9 Å². The number of imidazole rings is 1. The zero-order valence-electron chi connectivity index (χ0n) is 12.2. The molecule has 20 heavy (non-hydrogen) atoms. The molecule has 5 nitrogen and oxygen atoms in total. The van der Waals surface area contributed by atoms with Gasteiger partial charge in [-0.05, 0) is 26.8 Å². The zero-order chi connectivity index (χ0) is 14.2. The molecule has 0 aromatic carbocycles. The number of nitrogens with zero attached hydrogens (tertiary/aromatic N) is 4. The molecule has 2 rings (SSSR count). The van der Waals surface area contributed by atoms with Crippen molar-refractivity contribution < 1.29 is 0 Å². The number of hydrogen-bond donors (Lipinski definition) is 1. The second-order valence-corrected chi connectivity index (χ2v) is 5.71. The predicted octanol–water partition coefficient (Wildman–Crippen LogP) is 2.37. The van der Waals surface area contributed by atoms with Crippen LogP contribution in [0.4, 0.5) is 5.13 Å². The average Bonchev–Trinajstić information content (AvgIpc) is 3.12. The normalized spacial score (nSPS) is 10.9. The number of nitrogens with one attached hydrogen (secondary N) is 1. The van der Waals surface area contributed by atoms with Gasteiger partial charge in [0.2, 0.25) is 0 Å². The zero-order valence-corrected chi connectivity index (χ0v) is 13.1. The first kappa shape index (κ1) is 15.0. The molecule has 6 heteroatoms. The van der Waals surface area contributed by atoms with Gasteiger partial charge in [-0.25, -0.2) is 9.97 Å². The SMILES string of the molecule is CCN(CC)c1ncc(CNCCCn2ccnc2)s1. The number of anilines is 1. The molecule has 0 bridgehead atoms. The minimum absolute atomic E-state index is 0.906. The van der Waals surface area contributed by atoms with E-state index in [1.807, 2.05) is 24.9 Å². The monoisotopic (exact) mass is 293 g/mol. The molecule has 0 unspecified atom stereocenters. The van der Waals surface area contributed by atoms with Crippen molar-refractivity contribution in [3.05, 3.63) is 29.8 Å². The lowest BCUT2D eigenvalue weighted by molar-refractivity contribution is 0.582. The van der Waals surface area contributed by atoms with Gasteiger partial charge in [0.1, 0.15) is 0 Å². The Labute approximate surface area is 124 Å². The summed E-state index contributed by atoms with van der Waals surface area (Å²) in [6, 6.07) is 0. The summed E-state index contributed by atoms with van der Waals surface area (Å²) in [5, 5.41) is 4.60. The summed E-state index contributed by atoms with van der Waals surface area (Å²) in [6.45, 7) is 9.29. The Morgan fingerprint density at radius 2 is 2.20 bits per heavy atom. The van der Waals surface area contributed by atoms with E-state index in [2.05, 4.69) is 38.6 Å². The standard InChI is InChI=1S/C14H23N5S/c1-3-19(4-2)14-17-11-13(20-14)10-15-6-5-8-18-9-7-16-12-18/h7,9,11-12,15H,3-6,8,10H2,1-2H3. The van der Waals surface area contributed by atoms with Crippen LogP contribution in [0.15, 0.2) is 24.9 Å². The molecular formula is C14H23N5S. The molecule has 2 heterocycles. The molecule has 0 aliphatic heterocycles. The molecule has 0 radical (unpaired) electrons. The Morgan fingerprint density at radius 3 is 2.90 bits per heavy atom. The fraction of sp³-hybridized carbons (Fsp3) is 0.571. The lowest BCUT2D eigenvalue weighted by Crippen LogP contribution is -2.21. The Morgan fingerprint density at radius 1 is 1.35 bits per heavy atom. The lowest BCUT2D eigenvalue weighted by atomic mass is 10.4. The largest absolute Gasteiger partial charge is 0.349 e. The molecule has 0 aliphatic rings. The first-order valence-electron chi connectivity index (χ1n) is 7.19. The van der Waals surface area contributed by atoms with Crippen LogP contribution in [0.3, 0.4) is 0 Å². The van der Waals surface area contributed by atoms with Gasteiger partial charge in [-0.1, -0.05) is 0 Å². The van der Waals surface area contributed by atoms with Crippen LogP contribution in [0, 0.1) is 0 Å². The highest BCUT2D eigenvalue weighted by Crippen LogP contribution is 2.21. The van der Waals surface area contributed by atoms with Crippen molar-refractivity contribution in [2.24, 2.45) is 0 Å². The molecular weight excluding hydrogens is 270 g/mol. The second-order valence-electron chi connectivity index (χ2n) is 4.61. The number of hydrogen-bond acceptors (Lipinski definition) is 5. The highest BCUT2D eigenvalue weighted by Gasteiger charge is 2.07. The van der Waals surface area contributed by atoms with Crippen molar-refractivity contribution in [1.29, 1.82) is 0 Å². The van der Waals surface area contributed by atoms with Gasteiger partial charge in [0.05, 0.1) is 6.33 Å². The van der Waals surface area contributed by atoms with Gasteiger partial charge in [0.25, 0.3) is 0 Å². The quantitative estimate of drug-likeness (QED) is 0.721. The van der Waals surface area contributed by atoms with Gasteiger partial charge in [-0.3, -0.25) is 0 Å². The number of rotatable bonds is 9. The van der Waals surface area contributed by atoms with E-state index in [1.54, 1.807) is 11.3 Å². The van der Waals surface area contributed by atoms with Crippen LogP contribution in [-0.2, 0) is 13.1 Å². The predicted molar refractivity (Wildman–Crippen MR) is 84.2 cm³/mol. The fourth-order valence-corrected chi connectivity index (χ4v) is 3.04. The van der Waals surface area contributed by atoms with Crippen LogP contribution >= 0.6 is 11.3 Å². The summed E-state index contributed by atoms with van der Waals surface area (Å²) in [7, 11) is 0. The Hall–Kier alpha value is -1.40. The first-order valence-corrected chi connectivity index (χ1v) is 8.01. The molecule has 2 aromatic heterocycles. The van der Waals surface area contributed by atoms with E-state index in [0.29, 0.717) is 0 Å². The van der Waals surface area contributed by atoms with Gasteiger partial charge in [0.15, 0.2) is 5.13 Å². The Bertz CT molecular complexity index is 475. The van der Waals surface area contributed by atoms with E-state index in [9.17, 15) is 0 Å². The molecule has 2 aromatic rings. The van der Waals surface area contributed by atoms with E-state index >= 15 is 0 Å². The Kier molecular flexibility index (Phi) is 6.01. The summed E-state index contributed by atoms with van der Waals surface area (Å²) in [6.07, 6.45) is 8.78. The van der Waals surface area contributed by atoms with Crippen molar-refractivity contribution in [3.63, 3.8) is 0 Å². The molecule has 0 fully saturated rings. The second kappa shape index (κ2) is 8.01.